The van der Waals surface area contributed by atoms with Gasteiger partial charge >= 0.3 is 7.60 Å². The van der Waals surface area contributed by atoms with Gasteiger partial charge in [-0.25, -0.2) is 4.68 Å². The lowest BCUT2D eigenvalue weighted by molar-refractivity contribution is 0.0551. The first kappa shape index (κ1) is 24.0. The van der Waals surface area contributed by atoms with Crippen LogP contribution >= 0.6 is 7.60 Å². The highest BCUT2D eigenvalue weighted by Crippen LogP contribution is 2.49. The van der Waals surface area contributed by atoms with Gasteiger partial charge in [0.2, 0.25) is 0 Å². The lowest BCUT2D eigenvalue weighted by atomic mass is 9.63. The summed E-state index contributed by atoms with van der Waals surface area (Å²) in [6.07, 6.45) is 1.97. The van der Waals surface area contributed by atoms with Gasteiger partial charge in [-0.3, -0.25) is 4.57 Å². The van der Waals surface area contributed by atoms with Crippen LogP contribution in [0.25, 0.3) is 0 Å². The Morgan fingerprint density at radius 1 is 0.853 bits per heavy atom. The molecule has 34 heavy (non-hydrogen) atoms. The Bertz CT molecular complexity index is 1120. The zero-order valence-electron chi connectivity index (χ0n) is 18.8. The van der Waals surface area contributed by atoms with Crippen molar-refractivity contribution in [2.75, 3.05) is 0 Å². The van der Waals surface area contributed by atoms with Gasteiger partial charge in [-0.05, 0) is 23.1 Å². The first-order valence-electron chi connectivity index (χ1n) is 11.1. The van der Waals surface area contributed by atoms with Crippen LogP contribution in [0.5, 0.6) is 0 Å². The predicted molar refractivity (Wildman–Crippen MR) is 130 cm³/mol. The summed E-state index contributed by atoms with van der Waals surface area (Å²) >= 11 is 0. The van der Waals surface area contributed by atoms with Gasteiger partial charge in [0, 0.05) is 6.20 Å². The summed E-state index contributed by atoms with van der Waals surface area (Å²) in [7, 11) is -4.39. The van der Waals surface area contributed by atoms with E-state index in [4.69, 9.17) is 0 Å². The van der Waals surface area contributed by atoms with E-state index >= 15 is 0 Å². The average Bonchev–Trinajstić information content (AvgIpc) is 3.39. The molecule has 0 fully saturated rings. The second kappa shape index (κ2) is 10.0. The van der Waals surface area contributed by atoms with Crippen molar-refractivity contribution in [2.45, 2.75) is 36.6 Å². The number of rotatable bonds is 9. The highest BCUT2D eigenvalue weighted by Gasteiger charge is 2.48. The van der Waals surface area contributed by atoms with Crippen LogP contribution < -0.4 is 0 Å². The second-order valence-electron chi connectivity index (χ2n) is 8.48. The molecule has 0 amide bonds. The van der Waals surface area contributed by atoms with Crippen LogP contribution in [0.3, 0.4) is 0 Å². The van der Waals surface area contributed by atoms with Gasteiger partial charge in [-0.1, -0.05) is 103 Å². The third-order valence-electron chi connectivity index (χ3n) is 6.43. The van der Waals surface area contributed by atoms with Crippen LogP contribution in [-0.4, -0.2) is 41.7 Å². The molecule has 0 aliphatic carbocycles. The molecule has 4 aromatic rings. The molecule has 3 atom stereocenters. The largest absolute Gasteiger partial charge is 0.389 e. The monoisotopic (exact) mass is 477 g/mol. The molecule has 1 aromatic heterocycles. The molecule has 176 valence electrons. The average molecular weight is 478 g/mol. The normalized spacial score (nSPS) is 14.9. The van der Waals surface area contributed by atoms with E-state index in [1.165, 1.54) is 17.8 Å². The van der Waals surface area contributed by atoms with Gasteiger partial charge in [0.25, 0.3) is 0 Å². The summed E-state index contributed by atoms with van der Waals surface area (Å²) in [6, 6.07) is 28.3. The number of aromatic nitrogens is 3. The Balaban J connectivity index is 1.99. The van der Waals surface area contributed by atoms with E-state index in [2.05, 4.69) is 10.3 Å². The lowest BCUT2D eigenvalue weighted by Crippen LogP contribution is -2.47. The summed E-state index contributed by atoms with van der Waals surface area (Å²) in [5, 5.41) is 20.3. The number of aliphatic hydroxyl groups is 1. The maximum Gasteiger partial charge on any atom is 0.328 e. The van der Waals surface area contributed by atoms with Crippen LogP contribution in [0.15, 0.2) is 103 Å². The molecule has 0 radical (unpaired) electrons. The Labute approximate surface area is 198 Å². The molecule has 8 heteroatoms. The second-order valence-corrected chi connectivity index (χ2v) is 10.5. The third kappa shape index (κ3) is 4.61. The summed E-state index contributed by atoms with van der Waals surface area (Å²) < 4.78 is 13.6. The lowest BCUT2D eigenvalue weighted by Gasteiger charge is -2.43. The quantitative estimate of drug-likeness (QED) is 0.247. The summed E-state index contributed by atoms with van der Waals surface area (Å²) in [4.78, 5) is 19.7. The van der Waals surface area contributed by atoms with Crippen molar-refractivity contribution in [3.63, 3.8) is 0 Å². The summed E-state index contributed by atoms with van der Waals surface area (Å²) in [6.45, 7) is 1.49. The van der Waals surface area contributed by atoms with Crippen LogP contribution in [0.4, 0.5) is 0 Å². The molecule has 7 nitrogen and oxygen atoms in total. The maximum absolute atomic E-state index is 12.3. The van der Waals surface area contributed by atoms with E-state index in [1.807, 2.05) is 91.0 Å². The Morgan fingerprint density at radius 3 is 1.65 bits per heavy atom. The molecule has 3 N–H and O–H groups in total. The fraction of sp³-hybridized carbons (Fsp3) is 0.231. The van der Waals surface area contributed by atoms with Crippen molar-refractivity contribution >= 4 is 7.60 Å². The van der Waals surface area contributed by atoms with Gasteiger partial charge in [-0.15, -0.1) is 5.10 Å². The number of benzene rings is 3. The summed E-state index contributed by atoms with van der Waals surface area (Å²) in [5.74, 6) is 0. The molecule has 0 saturated carbocycles. The van der Waals surface area contributed by atoms with E-state index in [1.54, 1.807) is 6.20 Å². The standard InChI is InChI=1S/C26H28N3O4P/c1-20(34(31,32)33)19-24(29-18-17-27-28-29)25(30)26(21-11-5-2-6-12-21,22-13-7-3-8-14-22)23-15-9-4-10-16-23/h2-18,20,24-25,30H,19H2,1H3,(H2,31,32,33). The van der Waals surface area contributed by atoms with Crippen molar-refractivity contribution in [2.24, 2.45) is 0 Å². The van der Waals surface area contributed by atoms with Crippen molar-refractivity contribution in [3.8, 4) is 0 Å². The zero-order chi connectivity index (χ0) is 24.2. The first-order valence-corrected chi connectivity index (χ1v) is 12.8. The van der Waals surface area contributed by atoms with Gasteiger partial charge in [0.15, 0.2) is 0 Å². The van der Waals surface area contributed by atoms with Gasteiger partial charge < -0.3 is 14.9 Å². The predicted octanol–water partition coefficient (Wildman–Crippen LogP) is 4.17. The van der Waals surface area contributed by atoms with Crippen LogP contribution in [-0.2, 0) is 9.98 Å². The van der Waals surface area contributed by atoms with Crippen LogP contribution in [0.2, 0.25) is 0 Å². The zero-order valence-corrected chi connectivity index (χ0v) is 19.7. The maximum atomic E-state index is 12.3. The van der Waals surface area contributed by atoms with E-state index < -0.39 is 30.8 Å². The van der Waals surface area contributed by atoms with E-state index in [0.29, 0.717) is 0 Å². The Kier molecular flexibility index (Phi) is 7.10. The van der Waals surface area contributed by atoms with Crippen molar-refractivity contribution in [1.29, 1.82) is 0 Å². The fourth-order valence-electron chi connectivity index (χ4n) is 4.67. The van der Waals surface area contributed by atoms with Crippen molar-refractivity contribution in [3.05, 3.63) is 120 Å². The molecule has 0 bridgehead atoms. The third-order valence-corrected chi connectivity index (χ3v) is 7.79. The Hall–Kier alpha value is -3.09. The van der Waals surface area contributed by atoms with Gasteiger partial charge in [0.05, 0.1) is 29.4 Å². The van der Waals surface area contributed by atoms with Crippen molar-refractivity contribution in [1.82, 2.24) is 15.0 Å². The molecular weight excluding hydrogens is 449 g/mol. The molecule has 0 spiro atoms. The van der Waals surface area contributed by atoms with E-state index in [9.17, 15) is 19.5 Å². The SMILES string of the molecule is CC(CC(C(O)C(c1ccccc1)(c1ccccc1)c1ccccc1)n1ccnn1)P(=O)(O)O. The Morgan fingerprint density at radius 2 is 1.29 bits per heavy atom. The minimum absolute atomic E-state index is 0.00303. The van der Waals surface area contributed by atoms with Crippen LogP contribution in [0.1, 0.15) is 36.1 Å². The van der Waals surface area contributed by atoms with Gasteiger partial charge in [0.1, 0.15) is 0 Å². The minimum Gasteiger partial charge on any atom is -0.389 e. The van der Waals surface area contributed by atoms with Crippen molar-refractivity contribution < 1.29 is 19.5 Å². The number of hydrogen-bond donors (Lipinski definition) is 3. The number of hydrogen-bond acceptors (Lipinski definition) is 4. The molecule has 0 aliphatic rings. The molecule has 0 saturated heterocycles. The van der Waals surface area contributed by atoms with Crippen LogP contribution in [0, 0.1) is 0 Å². The fourth-order valence-corrected chi connectivity index (χ4v) is 5.16. The number of aliphatic hydroxyl groups excluding tert-OH is 1. The molecule has 4 rings (SSSR count). The van der Waals surface area contributed by atoms with E-state index in [0.717, 1.165) is 16.7 Å². The van der Waals surface area contributed by atoms with Gasteiger partial charge in [-0.2, -0.15) is 0 Å². The highest BCUT2D eigenvalue weighted by atomic mass is 31.2. The number of nitrogens with zero attached hydrogens (tertiary/aromatic N) is 3. The molecule has 3 aromatic carbocycles. The van der Waals surface area contributed by atoms with E-state index in [-0.39, 0.29) is 6.42 Å². The smallest absolute Gasteiger partial charge is 0.328 e. The molecular formula is C26H28N3O4P. The highest BCUT2D eigenvalue weighted by molar-refractivity contribution is 7.52. The first-order chi connectivity index (χ1) is 16.3. The molecule has 0 aliphatic heterocycles. The topological polar surface area (TPSA) is 108 Å². The molecule has 1 heterocycles. The molecule has 3 unspecified atom stereocenters. The minimum atomic E-state index is -4.39. The summed E-state index contributed by atoms with van der Waals surface area (Å²) in [5.41, 5.74) is 0.530.